The molecule has 2 rings (SSSR count). The second-order valence-electron chi connectivity index (χ2n) is 7.29. The number of alkyl carbamates (subject to hydrolysis) is 1. The average Bonchev–Trinajstić information content (AvgIpc) is 2.91. The summed E-state index contributed by atoms with van der Waals surface area (Å²) in [7, 11) is 0. The van der Waals surface area contributed by atoms with E-state index in [1.54, 1.807) is 20.8 Å². The number of imide groups is 1. The molecule has 1 aliphatic heterocycles. The molecule has 1 saturated heterocycles. The number of carbonyl (C=O) groups is 4. The van der Waals surface area contributed by atoms with Crippen LogP contribution in [0.25, 0.3) is 0 Å². The smallest absolute Gasteiger partial charge is 0.408 e. The van der Waals surface area contributed by atoms with Crippen molar-refractivity contribution in [3.05, 3.63) is 48.0 Å². The predicted octanol–water partition coefficient (Wildman–Crippen LogP) is 2.29. The van der Waals surface area contributed by atoms with Crippen molar-refractivity contribution >= 4 is 23.9 Å². The fourth-order valence-electron chi connectivity index (χ4n) is 2.47. The summed E-state index contributed by atoms with van der Waals surface area (Å²) in [6, 6.07) is 8.81. The molecule has 1 aromatic rings. The minimum absolute atomic E-state index is 0.0205. The van der Waals surface area contributed by atoms with E-state index in [4.69, 9.17) is 9.57 Å². The van der Waals surface area contributed by atoms with Crippen molar-refractivity contribution < 1.29 is 28.8 Å². The van der Waals surface area contributed by atoms with Gasteiger partial charge in [-0.15, -0.1) is 5.06 Å². The summed E-state index contributed by atoms with van der Waals surface area (Å²) in [6.45, 7) is 5.24. The number of nitrogens with zero attached hydrogens (tertiary/aromatic N) is 1. The van der Waals surface area contributed by atoms with Crippen molar-refractivity contribution in [2.75, 3.05) is 0 Å². The molecule has 1 N–H and O–H groups in total. The van der Waals surface area contributed by atoms with Gasteiger partial charge in [0, 0.05) is 18.9 Å². The number of nitrogens with one attached hydrogen (secondary N) is 1. The lowest BCUT2D eigenvalue weighted by atomic mass is 10.1. The fraction of sp³-hybridized carbons (Fsp3) is 0.400. The Bertz CT molecular complexity index is 751. The minimum Gasteiger partial charge on any atom is -0.444 e. The van der Waals surface area contributed by atoms with Crippen molar-refractivity contribution in [1.82, 2.24) is 10.4 Å². The third kappa shape index (κ3) is 6.86. The monoisotopic (exact) mass is 388 g/mol. The molecule has 1 fully saturated rings. The first-order chi connectivity index (χ1) is 13.1. The van der Waals surface area contributed by atoms with Crippen LogP contribution in [0.2, 0.25) is 0 Å². The molecule has 0 radical (unpaired) electrons. The molecule has 8 heteroatoms. The van der Waals surface area contributed by atoms with Gasteiger partial charge in [0.2, 0.25) is 0 Å². The summed E-state index contributed by atoms with van der Waals surface area (Å²) in [6.07, 6.45) is 2.33. The lowest BCUT2D eigenvalue weighted by Crippen LogP contribution is -2.39. The molecule has 1 aliphatic rings. The highest BCUT2D eigenvalue weighted by molar-refractivity contribution is 6.02. The summed E-state index contributed by atoms with van der Waals surface area (Å²) in [5, 5.41) is 3.16. The van der Waals surface area contributed by atoms with E-state index in [1.807, 2.05) is 30.3 Å². The van der Waals surface area contributed by atoms with Crippen LogP contribution >= 0.6 is 0 Å². The number of benzene rings is 1. The largest absolute Gasteiger partial charge is 0.444 e. The number of carbonyl (C=O) groups excluding carboxylic acids is 4. The Morgan fingerprint density at radius 1 is 1.14 bits per heavy atom. The van der Waals surface area contributed by atoms with E-state index < -0.39 is 35.5 Å². The first kappa shape index (κ1) is 21.1. The molecule has 1 atom stereocenters. The van der Waals surface area contributed by atoms with Gasteiger partial charge in [-0.25, -0.2) is 9.59 Å². The van der Waals surface area contributed by atoms with E-state index >= 15 is 0 Å². The molecule has 1 heterocycles. The molecule has 0 saturated carbocycles. The predicted molar refractivity (Wildman–Crippen MR) is 99.6 cm³/mol. The summed E-state index contributed by atoms with van der Waals surface area (Å²) in [4.78, 5) is 51.9. The maximum atomic E-state index is 12.1. The van der Waals surface area contributed by atoms with E-state index in [9.17, 15) is 19.2 Å². The van der Waals surface area contributed by atoms with Gasteiger partial charge < -0.3 is 14.9 Å². The maximum absolute atomic E-state index is 12.1. The zero-order chi connectivity index (χ0) is 20.7. The van der Waals surface area contributed by atoms with Crippen molar-refractivity contribution in [2.45, 2.75) is 51.7 Å². The summed E-state index contributed by atoms with van der Waals surface area (Å²) in [5.74, 6) is -1.99. The van der Waals surface area contributed by atoms with Gasteiger partial charge in [-0.3, -0.25) is 9.59 Å². The molecule has 0 aliphatic carbocycles. The number of hydroxylamine groups is 2. The van der Waals surface area contributed by atoms with E-state index in [-0.39, 0.29) is 12.8 Å². The average molecular weight is 388 g/mol. The van der Waals surface area contributed by atoms with Gasteiger partial charge in [0.15, 0.2) is 0 Å². The van der Waals surface area contributed by atoms with Crippen molar-refractivity contribution in [1.29, 1.82) is 0 Å². The summed E-state index contributed by atoms with van der Waals surface area (Å²) in [5.41, 5.74) is 0.270. The van der Waals surface area contributed by atoms with E-state index in [0.29, 0.717) is 11.5 Å². The quantitative estimate of drug-likeness (QED) is 0.593. The van der Waals surface area contributed by atoms with Gasteiger partial charge in [0.05, 0.1) is 6.04 Å². The lowest BCUT2D eigenvalue weighted by Gasteiger charge is -2.22. The molecule has 0 aromatic heterocycles. The van der Waals surface area contributed by atoms with Crippen LogP contribution in [0.3, 0.4) is 0 Å². The van der Waals surface area contributed by atoms with E-state index in [0.717, 1.165) is 11.6 Å². The summed E-state index contributed by atoms with van der Waals surface area (Å²) >= 11 is 0. The third-order valence-corrected chi connectivity index (χ3v) is 3.65. The Kier molecular flexibility index (Phi) is 6.92. The van der Waals surface area contributed by atoms with Crippen LogP contribution in [0, 0.1) is 0 Å². The molecule has 0 bridgehead atoms. The SMILES string of the molecule is CC(C)(C)OC(=O)N[C@@H](C=CC(=O)ON1C(=O)CCC1=O)Cc1ccccc1. The van der Waals surface area contributed by atoms with Crippen molar-refractivity contribution in [3.63, 3.8) is 0 Å². The Hall–Kier alpha value is -3.16. The van der Waals surface area contributed by atoms with Crippen LogP contribution < -0.4 is 5.32 Å². The van der Waals surface area contributed by atoms with Crippen LogP contribution in [0.1, 0.15) is 39.2 Å². The molecule has 0 unspecified atom stereocenters. The second kappa shape index (κ2) is 9.16. The first-order valence-corrected chi connectivity index (χ1v) is 8.93. The zero-order valence-electron chi connectivity index (χ0n) is 16.1. The van der Waals surface area contributed by atoms with Gasteiger partial charge in [-0.1, -0.05) is 36.4 Å². The van der Waals surface area contributed by atoms with Crippen molar-refractivity contribution in [3.8, 4) is 0 Å². The highest BCUT2D eigenvalue weighted by atomic mass is 16.7. The molecular weight excluding hydrogens is 364 g/mol. The number of hydrogen-bond donors (Lipinski definition) is 1. The number of hydrogen-bond acceptors (Lipinski definition) is 6. The van der Waals surface area contributed by atoms with E-state index in [1.165, 1.54) is 6.08 Å². The molecule has 8 nitrogen and oxygen atoms in total. The molecule has 150 valence electrons. The molecule has 3 amide bonds. The van der Waals surface area contributed by atoms with Gasteiger partial charge >= 0.3 is 12.1 Å². The Morgan fingerprint density at radius 2 is 1.75 bits per heavy atom. The van der Waals surface area contributed by atoms with Crippen molar-refractivity contribution in [2.24, 2.45) is 0 Å². The van der Waals surface area contributed by atoms with Crippen LogP contribution in [0.4, 0.5) is 4.79 Å². The van der Waals surface area contributed by atoms with Crippen LogP contribution in [0.5, 0.6) is 0 Å². The van der Waals surface area contributed by atoms with Gasteiger partial charge in [-0.2, -0.15) is 0 Å². The Balaban J connectivity index is 2.03. The third-order valence-electron chi connectivity index (χ3n) is 3.65. The normalized spacial score (nSPS) is 15.6. The fourth-order valence-corrected chi connectivity index (χ4v) is 2.47. The molecular formula is C20H24N2O6. The lowest BCUT2D eigenvalue weighted by molar-refractivity contribution is -0.193. The second-order valence-corrected chi connectivity index (χ2v) is 7.29. The summed E-state index contributed by atoms with van der Waals surface area (Å²) < 4.78 is 5.25. The molecule has 0 spiro atoms. The van der Waals surface area contributed by atoms with Gasteiger partial charge in [0.1, 0.15) is 5.60 Å². The molecule has 28 heavy (non-hydrogen) atoms. The highest BCUT2D eigenvalue weighted by Crippen LogP contribution is 2.13. The van der Waals surface area contributed by atoms with Crippen LogP contribution in [-0.4, -0.2) is 40.6 Å². The minimum atomic E-state index is -0.882. The molecule has 1 aromatic carbocycles. The number of ether oxygens (including phenoxy) is 1. The Morgan fingerprint density at radius 3 is 2.32 bits per heavy atom. The van der Waals surface area contributed by atoms with Gasteiger partial charge in [0.25, 0.3) is 11.8 Å². The number of amides is 3. The van der Waals surface area contributed by atoms with E-state index in [2.05, 4.69) is 5.32 Å². The number of rotatable bonds is 6. The maximum Gasteiger partial charge on any atom is 0.408 e. The van der Waals surface area contributed by atoms with Crippen LogP contribution in [-0.2, 0) is 30.4 Å². The Labute approximate surface area is 163 Å². The zero-order valence-corrected chi connectivity index (χ0v) is 16.1. The standard InChI is InChI=1S/C20H24N2O6/c1-20(2,3)27-19(26)21-15(13-14-7-5-4-6-8-14)9-12-18(25)28-22-16(23)10-11-17(22)24/h4-9,12,15H,10-11,13H2,1-3H3,(H,21,26)/t15-/m0/s1. The topological polar surface area (TPSA) is 102 Å². The van der Waals surface area contributed by atoms with Crippen LogP contribution in [0.15, 0.2) is 42.5 Å². The first-order valence-electron chi connectivity index (χ1n) is 8.93. The van der Waals surface area contributed by atoms with Gasteiger partial charge in [-0.05, 0) is 32.8 Å². The highest BCUT2D eigenvalue weighted by Gasteiger charge is 2.32.